The fraction of sp³-hybridized carbons (Fsp3) is 0. The van der Waals surface area contributed by atoms with Crippen LogP contribution in [0.15, 0.2) is 53.6 Å². The van der Waals surface area contributed by atoms with Gasteiger partial charge in [-0.15, -0.1) is 0 Å². The Morgan fingerprint density at radius 3 is 2.24 bits per heavy atom. The molecule has 88 valence electrons. The van der Waals surface area contributed by atoms with Gasteiger partial charge in [-0.1, -0.05) is 18.2 Å². The first-order valence-electron chi connectivity index (χ1n) is 4.87. The van der Waals surface area contributed by atoms with Gasteiger partial charge in [0, 0.05) is 6.20 Å². The van der Waals surface area contributed by atoms with Crippen LogP contribution in [0.1, 0.15) is 0 Å². The Kier molecular flexibility index (Phi) is 3.06. The first-order valence-corrected chi connectivity index (χ1v) is 6.31. The van der Waals surface area contributed by atoms with E-state index in [2.05, 4.69) is 0 Å². The minimum atomic E-state index is -3.77. The predicted molar refractivity (Wildman–Crippen MR) is 63.3 cm³/mol. The highest BCUT2D eigenvalue weighted by molar-refractivity contribution is 7.90. The maximum Gasteiger partial charge on any atom is 0.507 e. The summed E-state index contributed by atoms with van der Waals surface area (Å²) in [5, 5.41) is 18.1. The lowest BCUT2D eigenvalue weighted by Crippen LogP contribution is -2.38. The van der Waals surface area contributed by atoms with Crippen LogP contribution in [0.5, 0.6) is 0 Å². The van der Waals surface area contributed by atoms with Gasteiger partial charge >= 0.3 is 7.12 Å². The van der Waals surface area contributed by atoms with Crippen molar-refractivity contribution in [2.45, 2.75) is 4.90 Å². The Morgan fingerprint density at radius 2 is 1.65 bits per heavy atom. The number of nitrogens with zero attached hydrogens (tertiary/aromatic N) is 1. The third kappa shape index (κ3) is 2.12. The van der Waals surface area contributed by atoms with Crippen LogP contribution in [0.3, 0.4) is 0 Å². The number of rotatable bonds is 3. The van der Waals surface area contributed by atoms with Gasteiger partial charge in [-0.2, -0.15) is 0 Å². The molecule has 2 aromatic rings. The quantitative estimate of drug-likeness (QED) is 0.714. The molecule has 7 heteroatoms. The molecule has 1 heterocycles. The Bertz CT molecular complexity index is 606. The monoisotopic (exact) mass is 251 g/mol. The van der Waals surface area contributed by atoms with Crippen molar-refractivity contribution in [1.29, 1.82) is 0 Å². The lowest BCUT2D eigenvalue weighted by Gasteiger charge is -2.09. The highest BCUT2D eigenvalue weighted by Gasteiger charge is 2.24. The maximum absolute atomic E-state index is 12.2. The zero-order valence-corrected chi connectivity index (χ0v) is 9.58. The third-order valence-electron chi connectivity index (χ3n) is 2.31. The Labute approximate surface area is 99.1 Å². The van der Waals surface area contributed by atoms with Crippen molar-refractivity contribution in [3.05, 3.63) is 48.7 Å². The van der Waals surface area contributed by atoms with Crippen molar-refractivity contribution in [1.82, 2.24) is 3.97 Å². The van der Waals surface area contributed by atoms with Crippen LogP contribution in [0.2, 0.25) is 0 Å². The van der Waals surface area contributed by atoms with Crippen molar-refractivity contribution in [3.63, 3.8) is 0 Å². The molecule has 1 aromatic heterocycles. The summed E-state index contributed by atoms with van der Waals surface area (Å²) in [6.45, 7) is 0. The highest BCUT2D eigenvalue weighted by Crippen LogP contribution is 2.11. The summed E-state index contributed by atoms with van der Waals surface area (Å²) in [5.41, 5.74) is -0.0890. The molecule has 0 atom stereocenters. The van der Waals surface area contributed by atoms with Gasteiger partial charge in [0.1, 0.15) is 0 Å². The van der Waals surface area contributed by atoms with Gasteiger partial charge in [-0.05, 0) is 24.3 Å². The molecule has 0 amide bonds. The molecule has 0 saturated carbocycles. The van der Waals surface area contributed by atoms with E-state index in [9.17, 15) is 8.42 Å². The van der Waals surface area contributed by atoms with E-state index >= 15 is 0 Å². The van der Waals surface area contributed by atoms with Crippen LogP contribution < -0.4 is 5.59 Å². The Morgan fingerprint density at radius 1 is 1.00 bits per heavy atom. The van der Waals surface area contributed by atoms with Gasteiger partial charge in [-0.3, -0.25) is 0 Å². The second-order valence-electron chi connectivity index (χ2n) is 3.42. The Hall–Kier alpha value is -1.57. The van der Waals surface area contributed by atoms with Gasteiger partial charge < -0.3 is 10.0 Å². The van der Waals surface area contributed by atoms with Gasteiger partial charge in [0.2, 0.25) is 0 Å². The van der Waals surface area contributed by atoms with E-state index in [-0.39, 0.29) is 10.5 Å². The molecule has 2 rings (SSSR count). The summed E-state index contributed by atoms with van der Waals surface area (Å²) in [4.78, 5) is 0.0955. The fourth-order valence-electron chi connectivity index (χ4n) is 1.50. The molecule has 0 bridgehead atoms. The van der Waals surface area contributed by atoms with Crippen LogP contribution in [0.4, 0.5) is 0 Å². The molecule has 5 nitrogen and oxygen atoms in total. The van der Waals surface area contributed by atoms with Crippen molar-refractivity contribution >= 4 is 22.7 Å². The lowest BCUT2D eigenvalue weighted by molar-refractivity contribution is 0.423. The Balaban J connectivity index is 2.57. The maximum atomic E-state index is 12.2. The van der Waals surface area contributed by atoms with E-state index in [4.69, 9.17) is 10.0 Å². The smallest absolute Gasteiger partial charge is 0.422 e. The molecule has 17 heavy (non-hydrogen) atoms. The van der Waals surface area contributed by atoms with E-state index in [0.717, 1.165) is 3.97 Å². The molecule has 1 aromatic carbocycles. The van der Waals surface area contributed by atoms with E-state index in [1.807, 2.05) is 0 Å². The van der Waals surface area contributed by atoms with E-state index in [1.54, 1.807) is 18.2 Å². The highest BCUT2D eigenvalue weighted by atomic mass is 32.2. The van der Waals surface area contributed by atoms with Crippen molar-refractivity contribution in [2.75, 3.05) is 0 Å². The van der Waals surface area contributed by atoms with Crippen LogP contribution in [-0.4, -0.2) is 29.6 Å². The van der Waals surface area contributed by atoms with Gasteiger partial charge in [-0.25, -0.2) is 12.4 Å². The van der Waals surface area contributed by atoms with Crippen molar-refractivity contribution in [3.8, 4) is 0 Å². The molecule has 0 aliphatic carbocycles. The first-order chi connectivity index (χ1) is 8.03. The molecule has 0 saturated heterocycles. The summed E-state index contributed by atoms with van der Waals surface area (Å²) >= 11 is 0. The topological polar surface area (TPSA) is 79.5 Å². The fourth-order valence-corrected chi connectivity index (χ4v) is 2.90. The van der Waals surface area contributed by atoms with E-state index in [0.29, 0.717) is 0 Å². The first kappa shape index (κ1) is 11.9. The number of aromatic nitrogens is 1. The van der Waals surface area contributed by atoms with E-state index in [1.165, 1.54) is 30.5 Å². The normalized spacial score (nSPS) is 11.4. The molecule has 0 aliphatic rings. The van der Waals surface area contributed by atoms with Crippen LogP contribution in [-0.2, 0) is 10.0 Å². The van der Waals surface area contributed by atoms with Crippen molar-refractivity contribution < 1.29 is 18.5 Å². The summed E-state index contributed by atoms with van der Waals surface area (Å²) in [6, 6.07) is 10.6. The summed E-state index contributed by atoms with van der Waals surface area (Å²) in [7, 11) is -5.60. The summed E-state index contributed by atoms with van der Waals surface area (Å²) in [6.07, 6.45) is 1.27. The van der Waals surface area contributed by atoms with E-state index < -0.39 is 17.1 Å². The minimum Gasteiger partial charge on any atom is -0.422 e. The number of benzene rings is 1. The SMILES string of the molecule is O=S(=O)(c1ccccc1)n1cccc1B(O)O. The predicted octanol–water partition coefficient (Wildman–Crippen LogP) is -0.595. The van der Waals surface area contributed by atoms with Crippen molar-refractivity contribution in [2.24, 2.45) is 0 Å². The molecule has 0 spiro atoms. The van der Waals surface area contributed by atoms with Crippen LogP contribution >= 0.6 is 0 Å². The lowest BCUT2D eigenvalue weighted by atomic mass is 9.87. The number of hydrogen-bond donors (Lipinski definition) is 2. The van der Waals surface area contributed by atoms with Crippen LogP contribution in [0, 0.1) is 0 Å². The standard InChI is InChI=1S/C10H10BNO4S/c13-11(14)10-7-4-8-12(10)17(15,16)9-5-2-1-3-6-9/h1-8,13-14H. The number of hydrogen-bond acceptors (Lipinski definition) is 4. The molecule has 0 unspecified atom stereocenters. The minimum absolute atomic E-state index is 0.0890. The average molecular weight is 251 g/mol. The molecule has 0 aliphatic heterocycles. The van der Waals surface area contributed by atoms with Gasteiger partial charge in [0.05, 0.1) is 10.5 Å². The zero-order chi connectivity index (χ0) is 12.5. The van der Waals surface area contributed by atoms with Gasteiger partial charge in [0.25, 0.3) is 10.0 Å². The summed E-state index contributed by atoms with van der Waals surface area (Å²) < 4.78 is 25.2. The molecular formula is C10H10BNO4S. The molecular weight excluding hydrogens is 241 g/mol. The molecule has 0 radical (unpaired) electrons. The second kappa shape index (κ2) is 4.36. The largest absolute Gasteiger partial charge is 0.507 e. The molecule has 0 fully saturated rings. The average Bonchev–Trinajstić information content (AvgIpc) is 2.80. The third-order valence-corrected chi connectivity index (χ3v) is 4.03. The second-order valence-corrected chi connectivity index (χ2v) is 5.24. The zero-order valence-electron chi connectivity index (χ0n) is 8.76. The molecule has 2 N–H and O–H groups in total. The summed E-state index contributed by atoms with van der Waals surface area (Å²) in [5.74, 6) is 0. The van der Waals surface area contributed by atoms with Crippen LogP contribution in [0.25, 0.3) is 0 Å². The van der Waals surface area contributed by atoms with Gasteiger partial charge in [0.15, 0.2) is 0 Å².